The molecule has 3 rings (SSSR count). The number of ether oxygens (including phenoxy) is 1. The van der Waals surface area contributed by atoms with Crippen molar-refractivity contribution in [3.05, 3.63) is 23.8 Å². The molecule has 0 aliphatic carbocycles. The third-order valence-corrected chi connectivity index (χ3v) is 5.43. The maximum Gasteiger partial charge on any atom is 0.124 e. The molecule has 3 nitrogen and oxygen atoms in total. The molecule has 1 N–H and O–H groups in total. The highest BCUT2D eigenvalue weighted by atomic mass is 16.5. The van der Waals surface area contributed by atoms with Crippen LogP contribution in [0.3, 0.4) is 0 Å². The van der Waals surface area contributed by atoms with E-state index in [0.717, 1.165) is 18.8 Å². The predicted octanol–water partition coefficient (Wildman–Crippen LogP) is 2.72. The van der Waals surface area contributed by atoms with Crippen LogP contribution in [0.1, 0.15) is 25.8 Å². The van der Waals surface area contributed by atoms with Gasteiger partial charge in [0, 0.05) is 29.8 Å². The molecule has 19 heavy (non-hydrogen) atoms. The molecule has 0 saturated carbocycles. The van der Waals surface area contributed by atoms with Crippen molar-refractivity contribution < 1.29 is 4.74 Å². The summed E-state index contributed by atoms with van der Waals surface area (Å²) < 4.78 is 5.63. The van der Waals surface area contributed by atoms with Crippen LogP contribution in [0.15, 0.2) is 18.2 Å². The molecule has 1 saturated heterocycles. The minimum Gasteiger partial charge on any atom is -0.496 e. The van der Waals surface area contributed by atoms with E-state index >= 15 is 0 Å². The van der Waals surface area contributed by atoms with Gasteiger partial charge in [-0.05, 0) is 37.6 Å². The van der Waals surface area contributed by atoms with Gasteiger partial charge in [0.25, 0.3) is 0 Å². The Morgan fingerprint density at radius 2 is 2.11 bits per heavy atom. The number of hydrogen-bond donors (Lipinski definition) is 1. The molecule has 2 aliphatic rings. The Labute approximate surface area is 115 Å². The summed E-state index contributed by atoms with van der Waals surface area (Å²) in [5, 5.41) is 3.58. The quantitative estimate of drug-likeness (QED) is 0.885. The zero-order valence-corrected chi connectivity index (χ0v) is 12.4. The van der Waals surface area contributed by atoms with Crippen molar-refractivity contribution in [3.8, 4) is 5.75 Å². The molecule has 2 atom stereocenters. The van der Waals surface area contributed by atoms with Gasteiger partial charge in [0.15, 0.2) is 0 Å². The van der Waals surface area contributed by atoms with Gasteiger partial charge in [0.2, 0.25) is 0 Å². The molecule has 2 aliphatic heterocycles. The number of likely N-dealkylation sites (tertiary alicyclic amines) is 1. The normalized spacial score (nSPS) is 34.1. The van der Waals surface area contributed by atoms with Gasteiger partial charge in [0.05, 0.1) is 7.11 Å². The Hall–Kier alpha value is -1.22. The molecular formula is C16H24N2O. The zero-order valence-electron chi connectivity index (χ0n) is 12.4. The number of benzene rings is 1. The fraction of sp³-hybridized carbons (Fsp3) is 0.625. The van der Waals surface area contributed by atoms with Crippen molar-refractivity contribution in [1.29, 1.82) is 0 Å². The third-order valence-electron chi connectivity index (χ3n) is 5.43. The van der Waals surface area contributed by atoms with Gasteiger partial charge < -0.3 is 15.0 Å². The summed E-state index contributed by atoms with van der Waals surface area (Å²) in [4.78, 5) is 2.44. The van der Waals surface area contributed by atoms with Crippen LogP contribution in [0.5, 0.6) is 5.75 Å². The van der Waals surface area contributed by atoms with Gasteiger partial charge >= 0.3 is 0 Å². The first-order chi connectivity index (χ1) is 9.00. The van der Waals surface area contributed by atoms with Crippen LogP contribution in [-0.4, -0.2) is 38.7 Å². The molecule has 0 radical (unpaired) electrons. The van der Waals surface area contributed by atoms with Crippen molar-refractivity contribution in [2.75, 3.05) is 39.1 Å². The number of anilines is 1. The van der Waals surface area contributed by atoms with E-state index in [9.17, 15) is 0 Å². The van der Waals surface area contributed by atoms with Gasteiger partial charge in [-0.2, -0.15) is 0 Å². The van der Waals surface area contributed by atoms with Gasteiger partial charge in [0.1, 0.15) is 5.75 Å². The fourth-order valence-electron chi connectivity index (χ4n) is 3.94. The maximum absolute atomic E-state index is 5.63. The smallest absolute Gasteiger partial charge is 0.124 e. The SMILES string of the molecule is COc1cccc2c1C(C)(C1(C)CCN(C)C1)CN2. The van der Waals surface area contributed by atoms with Crippen molar-refractivity contribution in [2.24, 2.45) is 5.41 Å². The lowest BCUT2D eigenvalue weighted by atomic mass is 9.62. The standard InChI is InChI=1S/C16H24N2O/c1-15(8-9-18(3)11-15)16(2)10-17-12-6-5-7-13(19-4)14(12)16/h5-7,17H,8-11H2,1-4H3. The minimum absolute atomic E-state index is 0.139. The largest absolute Gasteiger partial charge is 0.496 e. The van der Waals surface area contributed by atoms with Crippen molar-refractivity contribution in [2.45, 2.75) is 25.7 Å². The molecule has 0 spiro atoms. The van der Waals surface area contributed by atoms with E-state index in [1.807, 2.05) is 0 Å². The van der Waals surface area contributed by atoms with Gasteiger partial charge in [-0.1, -0.05) is 19.9 Å². The Bertz CT molecular complexity index is 502. The first-order valence-electron chi connectivity index (χ1n) is 7.10. The Balaban J connectivity index is 2.10. The first kappa shape index (κ1) is 12.8. The van der Waals surface area contributed by atoms with E-state index < -0.39 is 0 Å². The first-order valence-corrected chi connectivity index (χ1v) is 7.10. The van der Waals surface area contributed by atoms with Crippen molar-refractivity contribution >= 4 is 5.69 Å². The molecule has 2 unspecified atom stereocenters. The average Bonchev–Trinajstić information content (AvgIpc) is 2.93. The van der Waals surface area contributed by atoms with E-state index in [1.54, 1.807) is 7.11 Å². The molecular weight excluding hydrogens is 236 g/mol. The molecule has 2 heterocycles. The summed E-state index contributed by atoms with van der Waals surface area (Å²) in [5.74, 6) is 1.03. The van der Waals surface area contributed by atoms with E-state index in [4.69, 9.17) is 4.74 Å². The molecule has 0 bridgehead atoms. The number of rotatable bonds is 2. The fourth-order valence-corrected chi connectivity index (χ4v) is 3.94. The summed E-state index contributed by atoms with van der Waals surface area (Å²) in [6, 6.07) is 6.33. The number of hydrogen-bond acceptors (Lipinski definition) is 3. The molecule has 3 heteroatoms. The maximum atomic E-state index is 5.63. The Morgan fingerprint density at radius 1 is 1.32 bits per heavy atom. The lowest BCUT2D eigenvalue weighted by Crippen LogP contribution is -2.44. The Kier molecular flexibility index (Phi) is 2.79. The monoisotopic (exact) mass is 260 g/mol. The number of fused-ring (bicyclic) bond motifs is 1. The highest BCUT2D eigenvalue weighted by molar-refractivity contribution is 5.66. The van der Waals surface area contributed by atoms with E-state index in [0.29, 0.717) is 5.41 Å². The zero-order chi connectivity index (χ0) is 13.7. The highest BCUT2D eigenvalue weighted by Gasteiger charge is 2.53. The van der Waals surface area contributed by atoms with Crippen LogP contribution in [0, 0.1) is 5.41 Å². The van der Waals surface area contributed by atoms with Crippen LogP contribution >= 0.6 is 0 Å². The van der Waals surface area contributed by atoms with Gasteiger partial charge in [-0.25, -0.2) is 0 Å². The topological polar surface area (TPSA) is 24.5 Å². The van der Waals surface area contributed by atoms with Crippen LogP contribution in [0.25, 0.3) is 0 Å². The van der Waals surface area contributed by atoms with Gasteiger partial charge in [-0.15, -0.1) is 0 Å². The van der Waals surface area contributed by atoms with Gasteiger partial charge in [-0.3, -0.25) is 0 Å². The summed E-state index contributed by atoms with van der Waals surface area (Å²) in [6.45, 7) is 8.18. The summed E-state index contributed by atoms with van der Waals surface area (Å²) in [7, 11) is 4.00. The van der Waals surface area contributed by atoms with Crippen LogP contribution in [-0.2, 0) is 5.41 Å². The highest BCUT2D eigenvalue weighted by Crippen LogP contribution is 2.55. The van der Waals surface area contributed by atoms with Crippen molar-refractivity contribution in [3.63, 3.8) is 0 Å². The molecule has 1 aromatic rings. The molecule has 104 valence electrons. The van der Waals surface area contributed by atoms with E-state index in [-0.39, 0.29) is 5.41 Å². The lowest BCUT2D eigenvalue weighted by Gasteiger charge is -2.42. The number of nitrogens with zero attached hydrogens (tertiary/aromatic N) is 1. The van der Waals surface area contributed by atoms with Crippen LogP contribution < -0.4 is 10.1 Å². The predicted molar refractivity (Wildman–Crippen MR) is 79.1 cm³/mol. The summed E-state index contributed by atoms with van der Waals surface area (Å²) in [6.07, 6.45) is 1.25. The van der Waals surface area contributed by atoms with Crippen LogP contribution in [0.2, 0.25) is 0 Å². The molecule has 1 fully saturated rings. The molecule has 0 amide bonds. The second-order valence-corrected chi connectivity index (χ2v) is 6.62. The average molecular weight is 260 g/mol. The minimum atomic E-state index is 0.139. The number of methoxy groups -OCH3 is 1. The Morgan fingerprint density at radius 3 is 2.74 bits per heavy atom. The van der Waals surface area contributed by atoms with Crippen molar-refractivity contribution in [1.82, 2.24) is 4.90 Å². The van der Waals surface area contributed by atoms with E-state index in [2.05, 4.69) is 49.3 Å². The summed E-state index contributed by atoms with van der Waals surface area (Å²) in [5.41, 5.74) is 3.06. The number of nitrogens with one attached hydrogen (secondary N) is 1. The molecule has 1 aromatic carbocycles. The third kappa shape index (κ3) is 1.68. The lowest BCUT2D eigenvalue weighted by molar-refractivity contribution is 0.175. The summed E-state index contributed by atoms with van der Waals surface area (Å²) >= 11 is 0. The van der Waals surface area contributed by atoms with Crippen LogP contribution in [0.4, 0.5) is 5.69 Å². The molecule has 0 aromatic heterocycles. The second kappa shape index (κ2) is 4.14. The van der Waals surface area contributed by atoms with E-state index in [1.165, 1.54) is 24.2 Å². The second-order valence-electron chi connectivity index (χ2n) is 6.62.